The zero-order chi connectivity index (χ0) is 24.2. The fraction of sp³-hybridized carbons (Fsp3) is 0.130. The Morgan fingerprint density at radius 3 is 2.39 bits per heavy atom. The highest BCUT2D eigenvalue weighted by Gasteiger charge is 2.28. The van der Waals surface area contributed by atoms with Crippen LogP contribution < -0.4 is 9.62 Å². The maximum Gasteiger partial charge on any atom is 0.335 e. The molecular formula is C23H20ClFN2O5S. The Bertz CT molecular complexity index is 1300. The van der Waals surface area contributed by atoms with Gasteiger partial charge in [0.2, 0.25) is 5.91 Å². The molecular weight excluding hydrogens is 471 g/mol. The van der Waals surface area contributed by atoms with Crippen molar-refractivity contribution in [1.82, 2.24) is 5.32 Å². The van der Waals surface area contributed by atoms with Gasteiger partial charge in [0.1, 0.15) is 12.4 Å². The second-order valence-corrected chi connectivity index (χ2v) is 9.40. The van der Waals surface area contributed by atoms with Crippen molar-refractivity contribution in [2.45, 2.75) is 18.4 Å². The van der Waals surface area contributed by atoms with Crippen molar-refractivity contribution < 1.29 is 27.5 Å². The minimum atomic E-state index is -4.24. The number of nitrogens with one attached hydrogen (secondary N) is 1. The fourth-order valence-electron chi connectivity index (χ4n) is 3.10. The third-order valence-electron chi connectivity index (χ3n) is 4.86. The molecule has 2 N–H and O–H groups in total. The molecule has 0 aromatic heterocycles. The van der Waals surface area contributed by atoms with Gasteiger partial charge in [-0.2, -0.15) is 0 Å². The molecule has 0 spiro atoms. The van der Waals surface area contributed by atoms with Crippen molar-refractivity contribution in [3.8, 4) is 0 Å². The summed E-state index contributed by atoms with van der Waals surface area (Å²) >= 11 is 6.17. The van der Waals surface area contributed by atoms with Gasteiger partial charge in [0, 0.05) is 11.6 Å². The molecule has 10 heteroatoms. The largest absolute Gasteiger partial charge is 0.478 e. The van der Waals surface area contributed by atoms with Gasteiger partial charge in [0.25, 0.3) is 10.0 Å². The fourth-order valence-corrected chi connectivity index (χ4v) is 4.75. The van der Waals surface area contributed by atoms with Gasteiger partial charge in [-0.25, -0.2) is 17.6 Å². The normalized spacial score (nSPS) is 11.1. The van der Waals surface area contributed by atoms with E-state index in [9.17, 15) is 22.4 Å². The second-order valence-electron chi connectivity index (χ2n) is 7.13. The van der Waals surface area contributed by atoms with Gasteiger partial charge >= 0.3 is 5.97 Å². The summed E-state index contributed by atoms with van der Waals surface area (Å²) in [6.45, 7) is 1.05. The Labute approximate surface area is 195 Å². The maximum absolute atomic E-state index is 13.4. The number of benzene rings is 3. The first-order chi connectivity index (χ1) is 15.6. The minimum absolute atomic E-state index is 0.00107. The first-order valence-corrected chi connectivity index (χ1v) is 11.5. The molecule has 0 unspecified atom stereocenters. The summed E-state index contributed by atoms with van der Waals surface area (Å²) in [7, 11) is -4.24. The highest BCUT2D eigenvalue weighted by Crippen LogP contribution is 2.30. The summed E-state index contributed by atoms with van der Waals surface area (Å²) in [5.41, 5.74) is 1.26. The SMILES string of the molecule is Cc1c(Cl)cccc1N(CC(=O)NCc1cccc(C(=O)O)c1)S(=O)(=O)c1ccc(F)cc1. The molecule has 0 bridgehead atoms. The van der Waals surface area contributed by atoms with Crippen LogP contribution >= 0.6 is 11.6 Å². The van der Waals surface area contributed by atoms with E-state index in [2.05, 4.69) is 5.32 Å². The lowest BCUT2D eigenvalue weighted by atomic mass is 10.1. The molecule has 0 aliphatic heterocycles. The van der Waals surface area contributed by atoms with E-state index in [0.29, 0.717) is 16.1 Å². The summed E-state index contributed by atoms with van der Waals surface area (Å²) in [5.74, 6) is -2.32. The highest BCUT2D eigenvalue weighted by molar-refractivity contribution is 7.92. The first kappa shape index (κ1) is 24.2. The quantitative estimate of drug-likeness (QED) is 0.496. The molecule has 0 aliphatic carbocycles. The molecule has 3 aromatic rings. The van der Waals surface area contributed by atoms with Crippen LogP contribution in [0.5, 0.6) is 0 Å². The van der Waals surface area contributed by atoms with Gasteiger partial charge in [-0.05, 0) is 66.6 Å². The Balaban J connectivity index is 1.89. The van der Waals surface area contributed by atoms with Crippen LogP contribution in [0, 0.1) is 12.7 Å². The topological polar surface area (TPSA) is 104 Å². The van der Waals surface area contributed by atoms with E-state index in [1.54, 1.807) is 31.2 Å². The van der Waals surface area contributed by atoms with E-state index in [4.69, 9.17) is 16.7 Å². The number of carbonyl (C=O) groups is 2. The van der Waals surface area contributed by atoms with Crippen molar-refractivity contribution >= 4 is 39.2 Å². The standard InChI is InChI=1S/C23H20ClFN2O5S/c1-15-20(24)6-3-7-21(15)27(33(31,32)19-10-8-18(25)9-11-19)14-22(28)26-13-16-4-2-5-17(12-16)23(29)30/h2-12H,13-14H2,1H3,(H,26,28)(H,29,30). The lowest BCUT2D eigenvalue weighted by Crippen LogP contribution is -2.41. The number of anilines is 1. The summed E-state index contributed by atoms with van der Waals surface area (Å²) < 4.78 is 41.0. The highest BCUT2D eigenvalue weighted by atomic mass is 35.5. The van der Waals surface area contributed by atoms with E-state index in [1.165, 1.54) is 18.2 Å². The van der Waals surface area contributed by atoms with Crippen LogP contribution in [-0.2, 0) is 21.4 Å². The summed E-state index contributed by atoms with van der Waals surface area (Å²) in [4.78, 5) is 23.7. The average Bonchev–Trinajstić information content (AvgIpc) is 2.78. The molecule has 0 fully saturated rings. The minimum Gasteiger partial charge on any atom is -0.478 e. The molecule has 0 saturated carbocycles. The predicted octanol–water partition coefficient (Wildman–Crippen LogP) is 4.00. The third-order valence-corrected chi connectivity index (χ3v) is 7.04. The van der Waals surface area contributed by atoms with Crippen LogP contribution in [0.1, 0.15) is 21.5 Å². The van der Waals surface area contributed by atoms with Crippen molar-refractivity contribution in [3.05, 3.63) is 94.3 Å². The summed E-state index contributed by atoms with van der Waals surface area (Å²) in [6.07, 6.45) is 0. The van der Waals surface area contributed by atoms with Crippen LogP contribution in [0.3, 0.4) is 0 Å². The number of hydrogen-bond donors (Lipinski definition) is 2. The Morgan fingerprint density at radius 2 is 1.73 bits per heavy atom. The third kappa shape index (κ3) is 5.68. The van der Waals surface area contributed by atoms with Gasteiger partial charge in [-0.1, -0.05) is 29.8 Å². The summed E-state index contributed by atoms with van der Waals surface area (Å²) in [5, 5.41) is 12.0. The Kier molecular flexibility index (Phi) is 7.35. The van der Waals surface area contributed by atoms with Crippen molar-refractivity contribution in [2.75, 3.05) is 10.8 Å². The zero-order valence-electron chi connectivity index (χ0n) is 17.5. The molecule has 33 heavy (non-hydrogen) atoms. The molecule has 172 valence electrons. The van der Waals surface area contributed by atoms with Gasteiger partial charge in [0.05, 0.1) is 16.1 Å². The van der Waals surface area contributed by atoms with Crippen molar-refractivity contribution in [2.24, 2.45) is 0 Å². The number of rotatable bonds is 8. The average molecular weight is 491 g/mol. The molecule has 7 nitrogen and oxygen atoms in total. The molecule has 3 aromatic carbocycles. The number of aromatic carboxylic acids is 1. The van der Waals surface area contributed by atoms with E-state index in [1.807, 2.05) is 0 Å². The second kappa shape index (κ2) is 10.0. The van der Waals surface area contributed by atoms with Crippen LogP contribution in [0.4, 0.5) is 10.1 Å². The molecule has 0 radical (unpaired) electrons. The smallest absolute Gasteiger partial charge is 0.335 e. The summed E-state index contributed by atoms with van der Waals surface area (Å²) in [6, 6.07) is 15.0. The maximum atomic E-state index is 13.4. The number of halogens is 2. The van der Waals surface area contributed by atoms with Gasteiger partial charge in [-0.15, -0.1) is 0 Å². The number of carbonyl (C=O) groups excluding carboxylic acids is 1. The number of carboxylic acid groups (broad SMARTS) is 1. The number of amides is 1. The van der Waals surface area contributed by atoms with Crippen molar-refractivity contribution in [1.29, 1.82) is 0 Å². The van der Waals surface area contributed by atoms with Crippen molar-refractivity contribution in [3.63, 3.8) is 0 Å². The van der Waals surface area contributed by atoms with E-state index in [-0.39, 0.29) is 22.7 Å². The number of hydrogen-bond acceptors (Lipinski definition) is 4. The van der Waals surface area contributed by atoms with Crippen LogP contribution in [0.25, 0.3) is 0 Å². The Morgan fingerprint density at radius 1 is 1.06 bits per heavy atom. The van der Waals surface area contributed by atoms with Crippen LogP contribution in [0.2, 0.25) is 5.02 Å². The zero-order valence-corrected chi connectivity index (χ0v) is 19.0. The molecule has 0 saturated heterocycles. The molecule has 1 amide bonds. The monoisotopic (exact) mass is 490 g/mol. The lowest BCUT2D eigenvalue weighted by Gasteiger charge is -2.26. The molecule has 0 atom stereocenters. The van der Waals surface area contributed by atoms with Gasteiger partial charge in [-0.3, -0.25) is 9.10 Å². The van der Waals surface area contributed by atoms with E-state index in [0.717, 1.165) is 28.6 Å². The first-order valence-electron chi connectivity index (χ1n) is 9.72. The number of sulfonamides is 1. The van der Waals surface area contributed by atoms with E-state index < -0.39 is 34.3 Å². The lowest BCUT2D eigenvalue weighted by molar-refractivity contribution is -0.119. The number of carboxylic acids is 1. The van der Waals surface area contributed by atoms with E-state index >= 15 is 0 Å². The number of nitrogens with zero attached hydrogens (tertiary/aromatic N) is 1. The molecule has 0 heterocycles. The predicted molar refractivity (Wildman–Crippen MR) is 122 cm³/mol. The van der Waals surface area contributed by atoms with Crippen LogP contribution in [-0.4, -0.2) is 31.9 Å². The van der Waals surface area contributed by atoms with Gasteiger partial charge in [0.15, 0.2) is 0 Å². The molecule has 0 aliphatic rings. The van der Waals surface area contributed by atoms with Crippen LogP contribution in [0.15, 0.2) is 71.6 Å². The van der Waals surface area contributed by atoms with Gasteiger partial charge < -0.3 is 10.4 Å². The molecule has 3 rings (SSSR count). The Hall–Kier alpha value is -3.43.